The van der Waals surface area contributed by atoms with E-state index in [0.717, 1.165) is 66.2 Å². The molecule has 1 aliphatic heterocycles. The number of carbonyl (C=O) groups excluding carboxylic acids is 1. The molecule has 0 radical (unpaired) electrons. The third-order valence-corrected chi connectivity index (χ3v) is 15.7. The minimum absolute atomic E-state index is 0.0384. The number of aryl methyl sites for hydroxylation is 7. The van der Waals surface area contributed by atoms with Gasteiger partial charge in [-0.1, -0.05) is 180 Å². The second-order valence-electron chi connectivity index (χ2n) is 34.4. The third-order valence-electron chi connectivity index (χ3n) is 15.7. The van der Waals surface area contributed by atoms with Gasteiger partial charge in [0.15, 0.2) is 5.78 Å². The Labute approximate surface area is 580 Å². The van der Waals surface area contributed by atoms with Crippen molar-refractivity contribution in [2.45, 2.75) is 332 Å². The fourth-order valence-corrected chi connectivity index (χ4v) is 11.2. The molecule has 536 valence electrons. The van der Waals surface area contributed by atoms with Crippen LogP contribution in [0, 0.1) is 26.2 Å². The highest BCUT2D eigenvalue weighted by atomic mass is 16.1. The lowest BCUT2D eigenvalue weighted by Crippen LogP contribution is -2.20. The van der Waals surface area contributed by atoms with Crippen LogP contribution in [0.15, 0.2) is 78.1 Å². The summed E-state index contributed by atoms with van der Waals surface area (Å²) < 4.78 is 14.6. The maximum atomic E-state index is 11.0. The molecule has 0 aliphatic carbocycles. The molecule has 1 aliphatic rings. The van der Waals surface area contributed by atoms with Crippen LogP contribution in [0.2, 0.25) is 0 Å². The van der Waals surface area contributed by atoms with E-state index >= 15 is 0 Å². The van der Waals surface area contributed by atoms with Gasteiger partial charge in [-0.25, -0.2) is 24.9 Å². The van der Waals surface area contributed by atoms with Gasteiger partial charge in [-0.2, -0.15) is 10.2 Å². The molecule has 16 nitrogen and oxygen atoms in total. The fourth-order valence-electron chi connectivity index (χ4n) is 11.2. The molecular formula is C79H139N15O. The third kappa shape index (κ3) is 27.9. The van der Waals surface area contributed by atoms with E-state index in [1.165, 1.54) is 39.8 Å². The Kier molecular flexibility index (Phi) is 32.0. The predicted molar refractivity (Wildman–Crippen MR) is 405 cm³/mol. The maximum Gasteiger partial charge on any atom is 0.151 e. The highest BCUT2D eigenvalue weighted by molar-refractivity contribution is 5.88. The SMILES string of the molecule is CC(=O)Cn1nc(C)cc1C(C)(C)C.CC(C)n1ccnc1C(C)(C)C.CC(C)n1ccnc1C(C)(C)C.CCC1=C(C(C)(C)C)CC(C)=N1.CCc1nc(C)n(C)c1C(C)(C)C.CCn1nc(C)cc1C(C)(C)C.Cn1ccnc1C(C)(C)C.Cn1cncc1C(C)(C)C. The van der Waals surface area contributed by atoms with Crippen LogP contribution in [0.3, 0.4) is 0 Å². The summed E-state index contributed by atoms with van der Waals surface area (Å²) in [5, 5.41) is 8.73. The van der Waals surface area contributed by atoms with Gasteiger partial charge < -0.3 is 22.8 Å². The molecule has 0 atom stereocenters. The normalized spacial score (nSPS) is 13.0. The van der Waals surface area contributed by atoms with Crippen LogP contribution in [0.5, 0.6) is 0 Å². The molecule has 0 saturated heterocycles. The van der Waals surface area contributed by atoms with Crippen molar-refractivity contribution in [3.05, 3.63) is 136 Å². The lowest BCUT2D eigenvalue weighted by atomic mass is 9.83. The molecule has 0 N–H and O–H groups in total. The quantitative estimate of drug-likeness (QED) is 0.153. The Morgan fingerprint density at radius 1 is 0.505 bits per heavy atom. The van der Waals surface area contributed by atoms with Crippen molar-refractivity contribution in [3.63, 3.8) is 0 Å². The second kappa shape index (κ2) is 35.2. The molecule has 95 heavy (non-hydrogen) atoms. The summed E-state index contributed by atoms with van der Waals surface area (Å²) in [5.41, 5.74) is 13.9. The standard InChI is InChI=1S/C11H18N2O.C11H20N2.C11H19N.3C10H18N2.2C8H14N2/c1-8-6-10(11(3,4)5)13(12-8)7-9(2)14;1-7-9-10(11(3,4)5)13(6)8(2)12-9;1-6-10-9(11(3,4)5)7-8(2)12-10;2*1-8(2)12-7-6-11-9(12)10(3,4)5;1-6-12-9(10(3,4)5)7-8(2)11-12;1-8(2,3)7-5-9-6-10(7)4;1-8(2,3)7-9-5-6-10(7)4/h6H,7H2,1-5H3;7H2,1-6H3;6-7H2,1-5H3;2*6-8H,1-5H3;7H,6H2,1-5H3;2*5-6H,1-4H3. The van der Waals surface area contributed by atoms with Crippen LogP contribution in [0.1, 0.15) is 317 Å². The monoisotopic (exact) mass is 1310 g/mol. The maximum absolute atomic E-state index is 11.0. The van der Waals surface area contributed by atoms with E-state index in [9.17, 15) is 4.79 Å². The molecule has 0 aromatic carbocycles. The summed E-state index contributed by atoms with van der Waals surface area (Å²) >= 11 is 0. The van der Waals surface area contributed by atoms with E-state index in [4.69, 9.17) is 0 Å². The summed E-state index contributed by atoms with van der Waals surface area (Å²) in [6, 6.07) is 5.22. The number of aliphatic imine (C=N–C) groups is 1. The number of imidazole rings is 5. The van der Waals surface area contributed by atoms with Crippen molar-refractivity contribution in [2.24, 2.45) is 31.6 Å². The van der Waals surface area contributed by atoms with Gasteiger partial charge in [-0.15, -0.1) is 0 Å². The Morgan fingerprint density at radius 3 is 1.17 bits per heavy atom. The Hall–Kier alpha value is -6.45. The van der Waals surface area contributed by atoms with E-state index in [-0.39, 0.29) is 43.7 Å². The van der Waals surface area contributed by atoms with E-state index in [0.29, 0.717) is 24.0 Å². The van der Waals surface area contributed by atoms with Crippen LogP contribution in [0.4, 0.5) is 0 Å². The van der Waals surface area contributed by atoms with Gasteiger partial charge in [0.1, 0.15) is 23.3 Å². The fraction of sp³-hybridized carbons (Fsp3) is 0.684. The van der Waals surface area contributed by atoms with E-state index in [2.05, 4.69) is 309 Å². The summed E-state index contributed by atoms with van der Waals surface area (Å²) in [6.45, 7) is 79.0. The van der Waals surface area contributed by atoms with Crippen LogP contribution in [0.25, 0.3) is 0 Å². The van der Waals surface area contributed by atoms with Crippen molar-refractivity contribution in [1.82, 2.24) is 67.3 Å². The molecule has 0 unspecified atom stereocenters. The number of carbonyl (C=O) groups is 1. The number of hydrogen-bond acceptors (Lipinski definition) is 9. The van der Waals surface area contributed by atoms with Crippen LogP contribution < -0.4 is 0 Å². The summed E-state index contributed by atoms with van der Waals surface area (Å²) in [5.74, 6) is 4.71. The van der Waals surface area contributed by atoms with Gasteiger partial charge >= 0.3 is 0 Å². The summed E-state index contributed by atoms with van der Waals surface area (Å²) in [6.07, 6.45) is 18.6. The van der Waals surface area contributed by atoms with Gasteiger partial charge in [-0.05, 0) is 105 Å². The molecule has 0 spiro atoms. The molecule has 7 aromatic rings. The first-order chi connectivity index (χ1) is 43.0. The number of aromatic nitrogens is 14. The molecular weight excluding hydrogens is 1170 g/mol. The Balaban J connectivity index is 0.000000544. The number of hydrogen-bond donors (Lipinski definition) is 0. The van der Waals surface area contributed by atoms with Gasteiger partial charge in [-0.3, -0.25) is 19.2 Å². The molecule has 0 saturated carbocycles. The van der Waals surface area contributed by atoms with E-state index in [1.54, 1.807) is 11.6 Å². The van der Waals surface area contributed by atoms with Crippen molar-refractivity contribution in [2.75, 3.05) is 0 Å². The van der Waals surface area contributed by atoms with Gasteiger partial charge in [0.2, 0.25) is 0 Å². The number of ketones is 1. The Bertz CT molecular complexity index is 3360. The highest BCUT2D eigenvalue weighted by Gasteiger charge is 2.27. The molecule has 8 heterocycles. The predicted octanol–water partition coefficient (Wildman–Crippen LogP) is 19.7. The minimum atomic E-state index is 0.0384. The van der Waals surface area contributed by atoms with Crippen molar-refractivity contribution in [3.8, 4) is 0 Å². The zero-order valence-corrected chi connectivity index (χ0v) is 68.1. The molecule has 16 heteroatoms. The number of rotatable bonds is 7. The lowest BCUT2D eigenvalue weighted by Gasteiger charge is -2.21. The first-order valence-electron chi connectivity index (χ1n) is 34.9. The minimum Gasteiger partial charge on any atom is -0.338 e. The summed E-state index contributed by atoms with van der Waals surface area (Å²) in [7, 11) is 6.14. The molecule has 0 fully saturated rings. The first-order valence-corrected chi connectivity index (χ1v) is 34.9. The van der Waals surface area contributed by atoms with Crippen molar-refractivity contribution >= 4 is 11.5 Å². The van der Waals surface area contributed by atoms with E-state index in [1.807, 2.05) is 83.7 Å². The molecule has 0 amide bonds. The second-order valence-corrected chi connectivity index (χ2v) is 34.4. The number of allylic oxidation sites excluding steroid dienone is 2. The van der Waals surface area contributed by atoms with Crippen molar-refractivity contribution in [1.29, 1.82) is 0 Å². The Morgan fingerprint density at radius 2 is 0.916 bits per heavy atom. The van der Waals surface area contributed by atoms with Gasteiger partial charge in [0, 0.05) is 162 Å². The first kappa shape index (κ1) is 86.6. The van der Waals surface area contributed by atoms with Crippen molar-refractivity contribution < 1.29 is 4.79 Å². The number of nitrogens with zero attached hydrogens (tertiary/aromatic N) is 15. The topological polar surface area (TPSA) is 154 Å². The average molecular weight is 1320 g/mol. The largest absolute Gasteiger partial charge is 0.338 e. The highest BCUT2D eigenvalue weighted by Crippen LogP contribution is 2.36. The summed E-state index contributed by atoms with van der Waals surface area (Å²) in [4.78, 5) is 37.2. The van der Waals surface area contributed by atoms with Crippen LogP contribution in [-0.2, 0) is 83.4 Å². The van der Waals surface area contributed by atoms with E-state index < -0.39 is 0 Å². The molecule has 8 rings (SSSR count). The van der Waals surface area contributed by atoms with Gasteiger partial charge in [0.05, 0.1) is 30.0 Å². The zero-order valence-electron chi connectivity index (χ0n) is 68.1. The van der Waals surface area contributed by atoms with Crippen LogP contribution >= 0.6 is 0 Å². The number of Topliss-reactive ketones (excluding diaryl/α,β-unsaturated/α-hetero) is 1. The zero-order chi connectivity index (χ0) is 74.1. The average Bonchev–Trinajstić information content (AvgIpc) is 1.68. The van der Waals surface area contributed by atoms with Gasteiger partial charge in [0.25, 0.3) is 0 Å². The van der Waals surface area contributed by atoms with Crippen LogP contribution in [-0.4, -0.2) is 78.8 Å². The molecule has 7 aromatic heterocycles. The smallest absolute Gasteiger partial charge is 0.151 e. The lowest BCUT2D eigenvalue weighted by molar-refractivity contribution is -0.117. The molecule has 0 bridgehead atoms.